The Morgan fingerprint density at radius 1 is 1.25 bits per heavy atom. The molecule has 32 heavy (non-hydrogen) atoms. The van der Waals surface area contributed by atoms with Crippen LogP contribution in [0, 0.1) is 0 Å². The number of hydrogen-bond acceptors (Lipinski definition) is 6. The molecule has 2 amide bonds. The Morgan fingerprint density at radius 3 is 2.69 bits per heavy atom. The largest absolute Gasteiger partial charge is 0.493 e. The van der Waals surface area contributed by atoms with Gasteiger partial charge in [-0.3, -0.25) is 15.4 Å². The summed E-state index contributed by atoms with van der Waals surface area (Å²) in [4.78, 5) is 30.3. The minimum Gasteiger partial charge on any atom is -0.493 e. The van der Waals surface area contributed by atoms with E-state index in [4.69, 9.17) is 19.9 Å². The third-order valence-corrected chi connectivity index (χ3v) is 6.05. The second kappa shape index (κ2) is 8.92. The van der Waals surface area contributed by atoms with Crippen LogP contribution in [-0.2, 0) is 17.7 Å². The Bertz CT molecular complexity index is 1050. The number of carbonyl (C=O) groups is 2. The summed E-state index contributed by atoms with van der Waals surface area (Å²) in [6.45, 7) is 5.98. The van der Waals surface area contributed by atoms with Gasteiger partial charge in [-0.15, -0.1) is 0 Å². The zero-order valence-corrected chi connectivity index (χ0v) is 18.2. The predicted octanol–water partition coefficient (Wildman–Crippen LogP) is 3.09. The SMILES string of the molecule is C=CCOC(=O)N1c2cc(OCN)c(OC)cc2C(=O)N2Cc3ccccc3C[C@H]2C1C. The highest BCUT2D eigenvalue weighted by Gasteiger charge is 2.44. The molecule has 2 aliphatic rings. The molecule has 1 unspecified atom stereocenters. The summed E-state index contributed by atoms with van der Waals surface area (Å²) in [5.74, 6) is 0.534. The number of methoxy groups -OCH3 is 1. The third kappa shape index (κ3) is 3.67. The Balaban J connectivity index is 1.88. The molecule has 2 aromatic carbocycles. The van der Waals surface area contributed by atoms with Crippen LogP contribution in [0.4, 0.5) is 10.5 Å². The van der Waals surface area contributed by atoms with Crippen molar-refractivity contribution in [2.75, 3.05) is 25.3 Å². The molecule has 0 saturated carbocycles. The number of rotatable bonds is 5. The number of ether oxygens (including phenoxy) is 3. The molecule has 2 heterocycles. The zero-order chi connectivity index (χ0) is 22.8. The highest BCUT2D eigenvalue weighted by atomic mass is 16.6. The average molecular weight is 437 g/mol. The van der Waals surface area contributed by atoms with Crippen LogP contribution in [0.5, 0.6) is 11.5 Å². The fourth-order valence-electron chi connectivity index (χ4n) is 4.49. The lowest BCUT2D eigenvalue weighted by Crippen LogP contribution is -2.54. The second-order valence-corrected chi connectivity index (χ2v) is 7.78. The van der Waals surface area contributed by atoms with E-state index in [1.807, 2.05) is 30.0 Å². The van der Waals surface area contributed by atoms with Crippen LogP contribution in [0.3, 0.4) is 0 Å². The summed E-state index contributed by atoms with van der Waals surface area (Å²) in [7, 11) is 1.49. The average Bonchev–Trinajstić information content (AvgIpc) is 2.89. The molecule has 0 aliphatic carbocycles. The Hall–Kier alpha value is -3.52. The van der Waals surface area contributed by atoms with Gasteiger partial charge in [-0.2, -0.15) is 0 Å². The van der Waals surface area contributed by atoms with Crippen LogP contribution in [-0.4, -0.2) is 49.4 Å². The molecule has 0 spiro atoms. The molecule has 2 N–H and O–H groups in total. The van der Waals surface area contributed by atoms with Crippen molar-refractivity contribution in [3.63, 3.8) is 0 Å². The number of fused-ring (bicyclic) bond motifs is 3. The lowest BCUT2D eigenvalue weighted by Gasteiger charge is -2.40. The molecular weight excluding hydrogens is 410 g/mol. The van der Waals surface area contributed by atoms with Gasteiger partial charge in [-0.05, 0) is 30.5 Å². The van der Waals surface area contributed by atoms with Crippen molar-refractivity contribution in [2.24, 2.45) is 5.73 Å². The minimum absolute atomic E-state index is 0.0604. The van der Waals surface area contributed by atoms with E-state index in [1.54, 1.807) is 12.1 Å². The Labute approximate surface area is 187 Å². The smallest absolute Gasteiger partial charge is 0.414 e. The topological polar surface area (TPSA) is 94.3 Å². The molecule has 8 nitrogen and oxygen atoms in total. The van der Waals surface area contributed by atoms with Gasteiger partial charge in [0.1, 0.15) is 13.3 Å². The number of nitrogens with two attached hydrogens (primary N) is 1. The molecule has 168 valence electrons. The predicted molar refractivity (Wildman–Crippen MR) is 120 cm³/mol. The van der Waals surface area contributed by atoms with Crippen molar-refractivity contribution in [1.82, 2.24) is 4.90 Å². The third-order valence-electron chi connectivity index (χ3n) is 6.05. The zero-order valence-electron chi connectivity index (χ0n) is 18.2. The molecule has 8 heteroatoms. The molecule has 0 saturated heterocycles. The lowest BCUT2D eigenvalue weighted by atomic mass is 9.90. The van der Waals surface area contributed by atoms with E-state index in [-0.39, 0.29) is 31.3 Å². The molecule has 4 rings (SSSR count). The van der Waals surface area contributed by atoms with Crippen molar-refractivity contribution >= 4 is 17.7 Å². The van der Waals surface area contributed by atoms with E-state index in [0.717, 1.165) is 5.56 Å². The summed E-state index contributed by atoms with van der Waals surface area (Å²) in [5.41, 5.74) is 8.60. The van der Waals surface area contributed by atoms with E-state index in [0.29, 0.717) is 35.7 Å². The number of amides is 2. The lowest BCUT2D eigenvalue weighted by molar-refractivity contribution is 0.0621. The quantitative estimate of drug-likeness (QED) is 0.571. The van der Waals surface area contributed by atoms with Crippen LogP contribution >= 0.6 is 0 Å². The molecule has 2 aliphatic heterocycles. The van der Waals surface area contributed by atoms with Gasteiger partial charge >= 0.3 is 6.09 Å². The molecule has 2 aromatic rings. The summed E-state index contributed by atoms with van der Waals surface area (Å²) >= 11 is 0. The fraction of sp³-hybridized carbons (Fsp3) is 0.333. The van der Waals surface area contributed by atoms with Gasteiger partial charge < -0.3 is 19.1 Å². The van der Waals surface area contributed by atoms with Crippen LogP contribution in [0.1, 0.15) is 28.4 Å². The summed E-state index contributed by atoms with van der Waals surface area (Å²) in [6.07, 6.45) is 1.58. The van der Waals surface area contributed by atoms with Crippen molar-refractivity contribution in [3.8, 4) is 11.5 Å². The van der Waals surface area contributed by atoms with Crippen molar-refractivity contribution in [1.29, 1.82) is 0 Å². The molecule has 0 bridgehead atoms. The monoisotopic (exact) mass is 437 g/mol. The van der Waals surface area contributed by atoms with Crippen molar-refractivity contribution in [2.45, 2.75) is 32.0 Å². The number of nitrogens with zero attached hydrogens (tertiary/aromatic N) is 2. The van der Waals surface area contributed by atoms with E-state index >= 15 is 0 Å². The Kier molecular flexibility index (Phi) is 6.05. The first-order valence-electron chi connectivity index (χ1n) is 10.5. The summed E-state index contributed by atoms with van der Waals surface area (Å²) < 4.78 is 16.3. The van der Waals surface area contributed by atoms with Crippen LogP contribution in [0.25, 0.3) is 0 Å². The molecule has 0 radical (unpaired) electrons. The van der Waals surface area contributed by atoms with Crippen molar-refractivity contribution < 1.29 is 23.8 Å². The Morgan fingerprint density at radius 2 is 2.00 bits per heavy atom. The molecule has 0 fully saturated rings. The molecular formula is C24H27N3O5. The first kappa shape index (κ1) is 21.7. The fourth-order valence-corrected chi connectivity index (χ4v) is 4.49. The standard InChI is InChI=1S/C24H27N3O5/c1-4-9-31-24(29)27-15(2)19-10-16-7-5-6-8-17(16)13-26(19)23(28)18-11-21(30-3)22(32-14-25)12-20(18)27/h4-8,11-12,15,19H,1,9-10,13-14,25H2,2-3H3/t15?,19-/m0/s1. The van der Waals surface area contributed by atoms with E-state index < -0.39 is 6.09 Å². The van der Waals surface area contributed by atoms with Gasteiger partial charge in [0.05, 0.1) is 30.4 Å². The normalized spacial score (nSPS) is 19.3. The summed E-state index contributed by atoms with van der Waals surface area (Å²) in [6, 6.07) is 10.7. The first-order chi connectivity index (χ1) is 15.5. The highest BCUT2D eigenvalue weighted by molar-refractivity contribution is 6.06. The number of carbonyl (C=O) groups excluding carboxylic acids is 2. The van der Waals surface area contributed by atoms with Crippen LogP contribution < -0.4 is 20.1 Å². The van der Waals surface area contributed by atoms with Gasteiger partial charge in [-0.1, -0.05) is 36.9 Å². The van der Waals surface area contributed by atoms with Gasteiger partial charge in [0.2, 0.25) is 0 Å². The van der Waals surface area contributed by atoms with Crippen LogP contribution in [0.15, 0.2) is 49.1 Å². The van der Waals surface area contributed by atoms with E-state index in [2.05, 4.69) is 12.6 Å². The van der Waals surface area contributed by atoms with Crippen LogP contribution in [0.2, 0.25) is 0 Å². The van der Waals surface area contributed by atoms with E-state index in [1.165, 1.54) is 23.6 Å². The van der Waals surface area contributed by atoms with Gasteiger partial charge in [0.25, 0.3) is 5.91 Å². The van der Waals surface area contributed by atoms with Gasteiger partial charge in [0, 0.05) is 12.6 Å². The number of anilines is 1. The highest BCUT2D eigenvalue weighted by Crippen LogP contribution is 2.41. The maximum atomic E-state index is 13.8. The van der Waals surface area contributed by atoms with Gasteiger partial charge in [-0.25, -0.2) is 4.79 Å². The number of hydrogen-bond donors (Lipinski definition) is 1. The minimum atomic E-state index is -0.559. The maximum Gasteiger partial charge on any atom is 0.414 e. The van der Waals surface area contributed by atoms with Gasteiger partial charge in [0.15, 0.2) is 11.5 Å². The van der Waals surface area contributed by atoms with Crippen molar-refractivity contribution in [3.05, 3.63) is 65.7 Å². The molecule has 2 atom stereocenters. The maximum absolute atomic E-state index is 13.8. The number of benzene rings is 2. The molecule has 0 aromatic heterocycles. The second-order valence-electron chi connectivity index (χ2n) is 7.78. The first-order valence-corrected chi connectivity index (χ1v) is 10.5. The summed E-state index contributed by atoms with van der Waals surface area (Å²) in [5, 5.41) is 0. The van der Waals surface area contributed by atoms with E-state index in [9.17, 15) is 9.59 Å².